The Morgan fingerprint density at radius 3 is 2.62 bits per heavy atom. The number of hydrogen-bond donors (Lipinski definition) is 0. The summed E-state index contributed by atoms with van der Waals surface area (Å²) in [5.41, 5.74) is 1.20. The van der Waals surface area contributed by atoms with Crippen LogP contribution in [0.2, 0.25) is 0 Å². The van der Waals surface area contributed by atoms with Gasteiger partial charge in [-0.15, -0.1) is 10.2 Å². The molecule has 2 aromatic carbocycles. The Balaban J connectivity index is 1.19. The number of rotatable bonds is 8. The number of carbonyl (C=O) groups is 1. The average molecular weight is 451 g/mol. The van der Waals surface area contributed by atoms with E-state index in [1.807, 2.05) is 42.5 Å². The summed E-state index contributed by atoms with van der Waals surface area (Å²) in [5, 5.41) is 9.64. The van der Waals surface area contributed by atoms with Crippen LogP contribution >= 0.6 is 11.8 Å². The molecular weight excluding hydrogens is 424 g/mol. The number of likely N-dealkylation sites (N-methyl/N-ethyl adjacent to an activating group) is 1. The summed E-state index contributed by atoms with van der Waals surface area (Å²) < 4.78 is 13.9. The van der Waals surface area contributed by atoms with Crippen LogP contribution in [0.5, 0.6) is 11.5 Å². The Morgan fingerprint density at radius 1 is 1.09 bits per heavy atom. The number of benzene rings is 2. The number of hydrogen-bond acceptors (Lipinski definition) is 6. The first-order valence-electron chi connectivity index (χ1n) is 10.9. The molecule has 1 atom stereocenters. The molecule has 32 heavy (non-hydrogen) atoms. The standard InChI is InChI=1S/C24H26N4O3S/c1-27(14-19-15-30-20-9-5-6-10-21(20)31-19)22(29)16-32-24-26-25-23(18-11-12-18)28(24)13-17-7-3-2-4-8-17/h2-10,18-19H,11-16H2,1H3/t19-/m1/s1. The summed E-state index contributed by atoms with van der Waals surface area (Å²) in [4.78, 5) is 14.5. The van der Waals surface area contributed by atoms with E-state index in [1.54, 1.807) is 11.9 Å². The Bertz CT molecular complexity index is 1080. The zero-order valence-electron chi connectivity index (χ0n) is 18.0. The zero-order valence-corrected chi connectivity index (χ0v) is 18.8. The summed E-state index contributed by atoms with van der Waals surface area (Å²) in [6, 6.07) is 17.9. The van der Waals surface area contributed by atoms with Crippen LogP contribution < -0.4 is 9.47 Å². The van der Waals surface area contributed by atoms with Gasteiger partial charge < -0.3 is 18.9 Å². The van der Waals surface area contributed by atoms with Crippen molar-refractivity contribution < 1.29 is 14.3 Å². The first kappa shape index (κ1) is 20.9. The van der Waals surface area contributed by atoms with E-state index in [4.69, 9.17) is 9.47 Å². The molecule has 3 aromatic rings. The van der Waals surface area contributed by atoms with Gasteiger partial charge in [0.05, 0.1) is 18.8 Å². The van der Waals surface area contributed by atoms with Crippen molar-refractivity contribution in [3.8, 4) is 11.5 Å². The predicted octanol–water partition coefficient (Wildman–Crippen LogP) is 3.59. The van der Waals surface area contributed by atoms with Gasteiger partial charge in [-0.2, -0.15) is 0 Å². The van der Waals surface area contributed by atoms with Gasteiger partial charge in [0.2, 0.25) is 5.91 Å². The topological polar surface area (TPSA) is 69.5 Å². The fraction of sp³-hybridized carbons (Fsp3) is 0.375. The molecule has 1 aliphatic heterocycles. The van der Waals surface area contributed by atoms with Crippen molar-refractivity contribution in [3.63, 3.8) is 0 Å². The van der Waals surface area contributed by atoms with Gasteiger partial charge in [0.15, 0.2) is 22.8 Å². The minimum absolute atomic E-state index is 0.0275. The highest BCUT2D eigenvalue weighted by Gasteiger charge is 2.31. The van der Waals surface area contributed by atoms with Crippen molar-refractivity contribution in [3.05, 3.63) is 66.0 Å². The second-order valence-corrected chi connectivity index (χ2v) is 9.19. The SMILES string of the molecule is CN(C[C@@H]1COc2ccccc2O1)C(=O)CSc1nnc(C2CC2)n1Cc1ccccc1. The number of amides is 1. The third-order valence-electron chi connectivity index (χ3n) is 5.67. The zero-order chi connectivity index (χ0) is 21.9. The van der Waals surface area contributed by atoms with E-state index in [-0.39, 0.29) is 12.0 Å². The first-order chi connectivity index (χ1) is 15.7. The third-order valence-corrected chi connectivity index (χ3v) is 6.62. The quantitative estimate of drug-likeness (QED) is 0.489. The van der Waals surface area contributed by atoms with Gasteiger partial charge in [-0.3, -0.25) is 4.79 Å². The Kier molecular flexibility index (Phi) is 6.03. The van der Waals surface area contributed by atoms with Gasteiger partial charge in [-0.05, 0) is 30.5 Å². The van der Waals surface area contributed by atoms with E-state index in [0.29, 0.717) is 24.8 Å². The smallest absolute Gasteiger partial charge is 0.232 e. The number of thioether (sulfide) groups is 1. The van der Waals surface area contributed by atoms with Gasteiger partial charge in [-0.1, -0.05) is 54.2 Å². The van der Waals surface area contributed by atoms with E-state index in [2.05, 4.69) is 26.9 Å². The molecule has 1 aromatic heterocycles. The molecular formula is C24H26N4O3S. The number of para-hydroxylation sites is 2. The lowest BCUT2D eigenvalue weighted by atomic mass is 10.2. The summed E-state index contributed by atoms with van der Waals surface area (Å²) >= 11 is 1.45. The number of fused-ring (bicyclic) bond motifs is 1. The molecule has 0 unspecified atom stereocenters. The number of aromatic nitrogens is 3. The second-order valence-electron chi connectivity index (χ2n) is 8.25. The maximum atomic E-state index is 12.8. The van der Waals surface area contributed by atoms with Crippen molar-refractivity contribution in [2.45, 2.75) is 36.6 Å². The molecule has 0 bridgehead atoms. The molecule has 1 aliphatic carbocycles. The number of carbonyl (C=O) groups excluding carboxylic acids is 1. The molecule has 2 aliphatic rings. The van der Waals surface area contributed by atoms with Crippen LogP contribution in [0.25, 0.3) is 0 Å². The molecule has 0 saturated heterocycles. The van der Waals surface area contributed by atoms with Crippen LogP contribution in [-0.2, 0) is 11.3 Å². The van der Waals surface area contributed by atoms with Crippen LogP contribution in [0.3, 0.4) is 0 Å². The van der Waals surface area contributed by atoms with E-state index in [9.17, 15) is 4.79 Å². The summed E-state index contributed by atoms with van der Waals surface area (Å²) in [5.74, 6) is 3.32. The highest BCUT2D eigenvalue weighted by molar-refractivity contribution is 7.99. The van der Waals surface area contributed by atoms with E-state index in [1.165, 1.54) is 17.3 Å². The largest absolute Gasteiger partial charge is 0.486 e. The van der Waals surface area contributed by atoms with Crippen LogP contribution in [0.15, 0.2) is 59.8 Å². The molecule has 1 saturated carbocycles. The van der Waals surface area contributed by atoms with E-state index in [0.717, 1.165) is 41.9 Å². The predicted molar refractivity (Wildman–Crippen MR) is 122 cm³/mol. The lowest BCUT2D eigenvalue weighted by Gasteiger charge is -2.29. The van der Waals surface area contributed by atoms with Gasteiger partial charge in [0, 0.05) is 13.0 Å². The molecule has 2 heterocycles. The lowest BCUT2D eigenvalue weighted by molar-refractivity contribution is -0.128. The number of nitrogens with zero attached hydrogens (tertiary/aromatic N) is 4. The summed E-state index contributed by atoms with van der Waals surface area (Å²) in [6.07, 6.45) is 2.13. The number of ether oxygens (including phenoxy) is 2. The van der Waals surface area contributed by atoms with E-state index >= 15 is 0 Å². The molecule has 1 fully saturated rings. The monoisotopic (exact) mass is 450 g/mol. The minimum Gasteiger partial charge on any atom is -0.486 e. The minimum atomic E-state index is -0.188. The first-order valence-corrected chi connectivity index (χ1v) is 11.9. The average Bonchev–Trinajstić information content (AvgIpc) is 3.59. The third kappa shape index (κ3) is 4.75. The summed E-state index contributed by atoms with van der Waals surface area (Å²) in [7, 11) is 1.80. The fourth-order valence-corrected chi connectivity index (χ4v) is 4.65. The maximum Gasteiger partial charge on any atom is 0.232 e. The molecule has 0 radical (unpaired) electrons. The summed E-state index contributed by atoms with van der Waals surface area (Å²) in [6.45, 7) is 1.62. The van der Waals surface area contributed by atoms with Gasteiger partial charge >= 0.3 is 0 Å². The van der Waals surface area contributed by atoms with Crippen molar-refractivity contribution in [1.82, 2.24) is 19.7 Å². The highest BCUT2D eigenvalue weighted by Crippen LogP contribution is 2.40. The van der Waals surface area contributed by atoms with Gasteiger partial charge in [-0.25, -0.2) is 0 Å². The van der Waals surface area contributed by atoms with Gasteiger partial charge in [0.1, 0.15) is 12.4 Å². The highest BCUT2D eigenvalue weighted by atomic mass is 32.2. The molecule has 1 amide bonds. The molecule has 0 N–H and O–H groups in total. The van der Waals surface area contributed by atoms with Crippen molar-refractivity contribution in [2.75, 3.05) is 26.0 Å². The van der Waals surface area contributed by atoms with Gasteiger partial charge in [0.25, 0.3) is 0 Å². The van der Waals surface area contributed by atoms with E-state index < -0.39 is 0 Å². The Morgan fingerprint density at radius 2 is 1.84 bits per heavy atom. The lowest BCUT2D eigenvalue weighted by Crippen LogP contribution is -2.42. The maximum absolute atomic E-state index is 12.8. The van der Waals surface area contributed by atoms with Crippen LogP contribution in [0.1, 0.15) is 30.1 Å². The molecule has 7 nitrogen and oxygen atoms in total. The molecule has 166 valence electrons. The van der Waals surface area contributed by atoms with Crippen molar-refractivity contribution in [2.24, 2.45) is 0 Å². The van der Waals surface area contributed by atoms with Crippen molar-refractivity contribution in [1.29, 1.82) is 0 Å². The van der Waals surface area contributed by atoms with Crippen molar-refractivity contribution >= 4 is 17.7 Å². The molecule has 0 spiro atoms. The normalized spacial score (nSPS) is 17.2. The molecule has 5 rings (SSSR count). The Labute approximate surface area is 191 Å². The molecule has 8 heteroatoms. The second kappa shape index (κ2) is 9.24. The fourth-order valence-electron chi connectivity index (χ4n) is 3.76. The van der Waals surface area contributed by atoms with Crippen LogP contribution in [0.4, 0.5) is 0 Å². The van der Waals surface area contributed by atoms with Crippen LogP contribution in [-0.4, -0.2) is 57.6 Å². The van der Waals surface area contributed by atoms with Crippen LogP contribution in [0, 0.1) is 0 Å². The Hall–Kier alpha value is -3.00.